The molecule has 1 aliphatic rings. The summed E-state index contributed by atoms with van der Waals surface area (Å²) in [5, 5.41) is 12.5. The maximum atomic E-state index is 12.4. The minimum absolute atomic E-state index is 0.171. The number of rotatable bonds is 6. The highest BCUT2D eigenvalue weighted by Gasteiger charge is 2.21. The van der Waals surface area contributed by atoms with E-state index in [1.165, 1.54) is 0 Å². The molecule has 2 heterocycles. The number of hydrogen-bond donors (Lipinski definition) is 2. The number of aryl methyl sites for hydroxylation is 1. The zero-order valence-electron chi connectivity index (χ0n) is 15.2. The minimum atomic E-state index is -1.01. The second-order valence-corrected chi connectivity index (χ2v) is 7.61. The molecule has 1 atom stereocenters. The molecular weight excluding hydrogens is 366 g/mol. The van der Waals surface area contributed by atoms with E-state index in [1.54, 1.807) is 26.0 Å². The standard InChI is InChI=1S/C19H21N3O4S/c1-11-16(19(25)26)27-18(21-11)12(2)20-17(24)14-7-5-13(6-8-14)10-22-9-3-4-15(22)23/h5-8,12H,3-4,9-10H2,1-2H3,(H,20,24)(H,25,26). The number of carboxylic acid groups (broad SMARTS) is 1. The van der Waals surface area contributed by atoms with Gasteiger partial charge in [0.05, 0.1) is 11.7 Å². The molecule has 1 aromatic carbocycles. The van der Waals surface area contributed by atoms with Crippen LogP contribution >= 0.6 is 11.3 Å². The molecule has 27 heavy (non-hydrogen) atoms. The van der Waals surface area contributed by atoms with Gasteiger partial charge in [0.15, 0.2) is 0 Å². The number of carbonyl (C=O) groups excluding carboxylic acids is 2. The van der Waals surface area contributed by atoms with Gasteiger partial charge in [-0.05, 0) is 38.0 Å². The zero-order valence-corrected chi connectivity index (χ0v) is 16.0. The Bertz CT molecular complexity index is 876. The van der Waals surface area contributed by atoms with Gasteiger partial charge in [-0.1, -0.05) is 12.1 Å². The van der Waals surface area contributed by atoms with Crippen LogP contribution in [0, 0.1) is 6.92 Å². The Morgan fingerprint density at radius 1 is 1.33 bits per heavy atom. The van der Waals surface area contributed by atoms with Crippen molar-refractivity contribution in [1.29, 1.82) is 0 Å². The van der Waals surface area contributed by atoms with Gasteiger partial charge in [0, 0.05) is 25.1 Å². The summed E-state index contributed by atoms with van der Waals surface area (Å²) in [7, 11) is 0. The number of aromatic carboxylic acids is 1. The fraction of sp³-hybridized carbons (Fsp3) is 0.368. The number of carbonyl (C=O) groups is 3. The summed E-state index contributed by atoms with van der Waals surface area (Å²) in [6.45, 7) is 4.76. The van der Waals surface area contributed by atoms with Crippen molar-refractivity contribution in [2.45, 2.75) is 39.3 Å². The lowest BCUT2D eigenvalue weighted by molar-refractivity contribution is -0.128. The van der Waals surface area contributed by atoms with Crippen molar-refractivity contribution in [2.24, 2.45) is 0 Å². The molecule has 0 saturated carbocycles. The molecule has 2 N–H and O–H groups in total. The fourth-order valence-electron chi connectivity index (χ4n) is 3.00. The van der Waals surface area contributed by atoms with Crippen molar-refractivity contribution < 1.29 is 19.5 Å². The van der Waals surface area contributed by atoms with Crippen molar-refractivity contribution in [2.75, 3.05) is 6.54 Å². The van der Waals surface area contributed by atoms with Crippen molar-refractivity contribution in [3.05, 3.63) is 51.0 Å². The van der Waals surface area contributed by atoms with Gasteiger partial charge in [-0.3, -0.25) is 9.59 Å². The number of likely N-dealkylation sites (tertiary alicyclic amines) is 1. The number of benzene rings is 1. The van der Waals surface area contributed by atoms with Crippen LogP contribution in [0.15, 0.2) is 24.3 Å². The predicted molar refractivity (Wildman–Crippen MR) is 101 cm³/mol. The summed E-state index contributed by atoms with van der Waals surface area (Å²) in [4.78, 5) is 41.5. The second-order valence-electron chi connectivity index (χ2n) is 6.58. The minimum Gasteiger partial charge on any atom is -0.477 e. The lowest BCUT2D eigenvalue weighted by Crippen LogP contribution is -2.27. The Morgan fingerprint density at radius 2 is 2.04 bits per heavy atom. The third kappa shape index (κ3) is 4.33. The molecule has 2 amide bonds. The predicted octanol–water partition coefficient (Wildman–Crippen LogP) is 2.76. The number of aromatic nitrogens is 1. The van der Waals surface area contributed by atoms with E-state index < -0.39 is 12.0 Å². The van der Waals surface area contributed by atoms with Crippen LogP contribution in [0.1, 0.15) is 62.1 Å². The van der Waals surface area contributed by atoms with Gasteiger partial charge in [0.25, 0.3) is 5.91 Å². The Labute approximate surface area is 161 Å². The molecule has 7 nitrogen and oxygen atoms in total. The van der Waals surface area contributed by atoms with Gasteiger partial charge in [0.1, 0.15) is 9.88 Å². The maximum absolute atomic E-state index is 12.4. The quantitative estimate of drug-likeness (QED) is 0.794. The highest BCUT2D eigenvalue weighted by Crippen LogP contribution is 2.24. The number of hydrogen-bond acceptors (Lipinski definition) is 5. The molecule has 142 valence electrons. The first-order valence-electron chi connectivity index (χ1n) is 8.73. The van der Waals surface area contributed by atoms with Crippen LogP contribution in [0.25, 0.3) is 0 Å². The number of thiazole rings is 1. The summed E-state index contributed by atoms with van der Waals surface area (Å²) in [5.41, 5.74) is 1.94. The molecular formula is C19H21N3O4S. The van der Waals surface area contributed by atoms with Crippen molar-refractivity contribution in [3.8, 4) is 0 Å². The number of nitrogens with one attached hydrogen (secondary N) is 1. The smallest absolute Gasteiger partial charge is 0.347 e. The van der Waals surface area contributed by atoms with Gasteiger partial charge in [-0.15, -0.1) is 11.3 Å². The Hall–Kier alpha value is -2.74. The third-order valence-electron chi connectivity index (χ3n) is 4.49. The van der Waals surface area contributed by atoms with E-state index in [0.29, 0.717) is 29.2 Å². The third-order valence-corrected chi connectivity index (χ3v) is 5.81. The summed E-state index contributed by atoms with van der Waals surface area (Å²) in [6, 6.07) is 6.76. The Morgan fingerprint density at radius 3 is 2.59 bits per heavy atom. The monoisotopic (exact) mass is 387 g/mol. The van der Waals surface area contributed by atoms with E-state index >= 15 is 0 Å². The molecule has 0 aliphatic carbocycles. The summed E-state index contributed by atoms with van der Waals surface area (Å²) in [5.74, 6) is -1.09. The molecule has 3 rings (SSSR count). The maximum Gasteiger partial charge on any atom is 0.347 e. The van der Waals surface area contributed by atoms with Crippen molar-refractivity contribution in [1.82, 2.24) is 15.2 Å². The number of nitrogens with zero attached hydrogens (tertiary/aromatic N) is 2. The first-order valence-corrected chi connectivity index (χ1v) is 9.55. The van der Waals surface area contributed by atoms with Crippen LogP contribution in [-0.2, 0) is 11.3 Å². The Kier molecular flexibility index (Phi) is 5.55. The zero-order chi connectivity index (χ0) is 19.6. The molecule has 2 aromatic rings. The van der Waals surface area contributed by atoms with Crippen LogP contribution in [-0.4, -0.2) is 39.3 Å². The van der Waals surface area contributed by atoms with Crippen molar-refractivity contribution in [3.63, 3.8) is 0 Å². The molecule has 8 heteroatoms. The van der Waals surface area contributed by atoms with Gasteiger partial charge in [0.2, 0.25) is 5.91 Å². The molecule has 1 aliphatic heterocycles. The average Bonchev–Trinajstić information content (AvgIpc) is 3.21. The van der Waals surface area contributed by atoms with E-state index in [-0.39, 0.29) is 16.7 Å². The summed E-state index contributed by atoms with van der Waals surface area (Å²) >= 11 is 1.07. The Balaban J connectivity index is 1.62. The average molecular weight is 387 g/mol. The van der Waals surface area contributed by atoms with Crippen LogP contribution < -0.4 is 5.32 Å². The highest BCUT2D eigenvalue weighted by atomic mass is 32.1. The van der Waals surface area contributed by atoms with E-state index in [1.807, 2.05) is 17.0 Å². The van der Waals surface area contributed by atoms with Gasteiger partial charge >= 0.3 is 5.97 Å². The molecule has 1 fully saturated rings. The van der Waals surface area contributed by atoms with Gasteiger partial charge < -0.3 is 15.3 Å². The van der Waals surface area contributed by atoms with Crippen LogP contribution in [0.4, 0.5) is 0 Å². The summed E-state index contributed by atoms with van der Waals surface area (Å²) in [6.07, 6.45) is 1.51. The lowest BCUT2D eigenvalue weighted by Gasteiger charge is -2.16. The van der Waals surface area contributed by atoms with E-state index in [0.717, 1.165) is 29.9 Å². The van der Waals surface area contributed by atoms with Gasteiger partial charge in [-0.25, -0.2) is 9.78 Å². The molecule has 0 radical (unpaired) electrons. The first kappa shape index (κ1) is 19.0. The second kappa shape index (κ2) is 7.87. The van der Waals surface area contributed by atoms with Crippen LogP contribution in [0.3, 0.4) is 0 Å². The molecule has 1 aromatic heterocycles. The van der Waals surface area contributed by atoms with Crippen LogP contribution in [0.5, 0.6) is 0 Å². The molecule has 0 bridgehead atoms. The highest BCUT2D eigenvalue weighted by molar-refractivity contribution is 7.13. The number of amides is 2. The van der Waals surface area contributed by atoms with Crippen LogP contribution in [0.2, 0.25) is 0 Å². The summed E-state index contributed by atoms with van der Waals surface area (Å²) < 4.78 is 0. The SMILES string of the molecule is Cc1nc(C(C)NC(=O)c2ccc(CN3CCCC3=O)cc2)sc1C(=O)O. The lowest BCUT2D eigenvalue weighted by atomic mass is 10.1. The van der Waals surface area contributed by atoms with E-state index in [4.69, 9.17) is 5.11 Å². The largest absolute Gasteiger partial charge is 0.477 e. The molecule has 0 spiro atoms. The molecule has 1 unspecified atom stereocenters. The first-order chi connectivity index (χ1) is 12.8. The fourth-order valence-corrected chi connectivity index (χ4v) is 3.90. The molecule has 1 saturated heterocycles. The van der Waals surface area contributed by atoms with E-state index in [9.17, 15) is 14.4 Å². The topological polar surface area (TPSA) is 99.6 Å². The van der Waals surface area contributed by atoms with Gasteiger partial charge in [-0.2, -0.15) is 0 Å². The van der Waals surface area contributed by atoms with E-state index in [2.05, 4.69) is 10.3 Å². The number of carboxylic acids is 1. The van der Waals surface area contributed by atoms with Crippen molar-refractivity contribution >= 4 is 29.1 Å². The normalized spacial score (nSPS) is 15.0.